The van der Waals surface area contributed by atoms with Crippen LogP contribution in [-0.4, -0.2) is 54.4 Å². The maximum atomic E-state index is 11.8. The van der Waals surface area contributed by atoms with Crippen LogP contribution in [0.25, 0.3) is 0 Å². The van der Waals surface area contributed by atoms with E-state index in [1.54, 1.807) is 4.90 Å². The predicted octanol–water partition coefficient (Wildman–Crippen LogP) is 0.133. The zero-order chi connectivity index (χ0) is 13.9. The third kappa shape index (κ3) is 4.29. The number of carbonyl (C=O) groups is 2. The maximum absolute atomic E-state index is 11.8. The second kappa shape index (κ2) is 5.69. The van der Waals surface area contributed by atoms with Crippen LogP contribution in [0.1, 0.15) is 26.7 Å². The molecule has 0 spiro atoms. The molecule has 0 aromatic rings. The Morgan fingerprint density at radius 1 is 1.39 bits per heavy atom. The average Bonchev–Trinajstić information content (AvgIpc) is 3.00. The molecule has 1 aliphatic carbocycles. The van der Waals surface area contributed by atoms with E-state index in [-0.39, 0.29) is 6.04 Å². The first-order valence-corrected chi connectivity index (χ1v) is 7.81. The van der Waals surface area contributed by atoms with Gasteiger partial charge in [-0.3, -0.25) is 9.59 Å². The van der Waals surface area contributed by atoms with Gasteiger partial charge in [-0.05, 0) is 19.8 Å². The Labute approximate surface area is 107 Å². The van der Waals surface area contributed by atoms with Gasteiger partial charge in [0.25, 0.3) is 0 Å². The summed E-state index contributed by atoms with van der Waals surface area (Å²) in [6.07, 6.45) is 1.84. The molecule has 0 aromatic carbocycles. The Balaban J connectivity index is 2.59. The highest BCUT2D eigenvalue weighted by atomic mass is 32.2. The molecule has 1 unspecified atom stereocenters. The average molecular weight is 277 g/mol. The number of hydrogen-bond acceptors (Lipinski definition) is 4. The number of hydrogen-bond donors (Lipinski definition) is 1. The van der Waals surface area contributed by atoms with Crippen molar-refractivity contribution in [2.45, 2.75) is 32.7 Å². The quantitative estimate of drug-likeness (QED) is 0.714. The largest absolute Gasteiger partial charge is 0.481 e. The number of carboxylic acids is 1. The molecule has 7 heteroatoms. The molecule has 0 heterocycles. The second-order valence-corrected chi connectivity index (χ2v) is 6.81. The van der Waals surface area contributed by atoms with Crippen LogP contribution in [0.5, 0.6) is 0 Å². The highest BCUT2D eigenvalue weighted by Crippen LogP contribution is 2.26. The van der Waals surface area contributed by atoms with E-state index in [4.69, 9.17) is 5.11 Å². The summed E-state index contributed by atoms with van der Waals surface area (Å²) in [7, 11) is -3.66. The van der Waals surface area contributed by atoms with E-state index >= 15 is 0 Å². The van der Waals surface area contributed by atoms with Crippen molar-refractivity contribution in [3.05, 3.63) is 0 Å². The molecule has 1 rings (SSSR count). The summed E-state index contributed by atoms with van der Waals surface area (Å²) in [5.74, 6) is -3.65. The fraction of sp³-hybridized carbons (Fsp3) is 0.818. The topological polar surface area (TPSA) is 91.8 Å². The van der Waals surface area contributed by atoms with Gasteiger partial charge in [-0.15, -0.1) is 0 Å². The van der Waals surface area contributed by atoms with Crippen LogP contribution in [0.15, 0.2) is 0 Å². The van der Waals surface area contributed by atoms with E-state index in [1.807, 2.05) is 6.92 Å². The zero-order valence-corrected chi connectivity index (χ0v) is 11.4. The molecule has 1 amide bonds. The molecular weight excluding hydrogens is 258 g/mol. The molecule has 1 N–H and O–H groups in total. The summed E-state index contributed by atoms with van der Waals surface area (Å²) in [4.78, 5) is 24.0. The van der Waals surface area contributed by atoms with Gasteiger partial charge in [-0.1, -0.05) is 6.92 Å². The Bertz CT molecular complexity index is 427. The van der Waals surface area contributed by atoms with Crippen molar-refractivity contribution in [2.24, 2.45) is 5.92 Å². The highest BCUT2D eigenvalue weighted by molar-refractivity contribution is 7.92. The van der Waals surface area contributed by atoms with Crippen LogP contribution < -0.4 is 0 Å². The van der Waals surface area contributed by atoms with E-state index in [0.717, 1.165) is 12.8 Å². The summed E-state index contributed by atoms with van der Waals surface area (Å²) in [6.45, 7) is 3.62. The number of carbonyl (C=O) groups excluding carboxylic acids is 1. The van der Waals surface area contributed by atoms with Crippen LogP contribution in [0, 0.1) is 5.92 Å². The minimum atomic E-state index is -3.66. The van der Waals surface area contributed by atoms with Gasteiger partial charge in [-0.2, -0.15) is 0 Å². The lowest BCUT2D eigenvalue weighted by Gasteiger charge is -2.20. The Morgan fingerprint density at radius 2 is 1.94 bits per heavy atom. The molecule has 0 bridgehead atoms. The van der Waals surface area contributed by atoms with Gasteiger partial charge in [-0.25, -0.2) is 8.42 Å². The zero-order valence-electron chi connectivity index (χ0n) is 10.6. The Kier molecular flexibility index (Phi) is 4.72. The monoisotopic (exact) mass is 277 g/mol. The van der Waals surface area contributed by atoms with Crippen LogP contribution in [0.4, 0.5) is 0 Å². The minimum Gasteiger partial charge on any atom is -0.481 e. The lowest BCUT2D eigenvalue weighted by atomic mass is 10.2. The number of aliphatic carboxylic acids is 1. The fourth-order valence-corrected chi connectivity index (χ4v) is 3.37. The molecule has 0 aliphatic heterocycles. The predicted molar refractivity (Wildman–Crippen MR) is 65.9 cm³/mol. The van der Waals surface area contributed by atoms with E-state index in [0.29, 0.717) is 6.54 Å². The van der Waals surface area contributed by atoms with Crippen molar-refractivity contribution in [2.75, 3.05) is 18.1 Å². The standard InChI is InChI=1S/C11H19NO5S/c1-3-12(9-4-5-9)10(13)7-18(16,17)6-8(2)11(14)15/h8-9H,3-7H2,1-2H3,(H,14,15). The molecule has 6 nitrogen and oxygen atoms in total. The summed E-state index contributed by atoms with van der Waals surface area (Å²) in [5, 5.41) is 8.67. The highest BCUT2D eigenvalue weighted by Gasteiger charge is 2.33. The van der Waals surface area contributed by atoms with Gasteiger partial charge in [0.15, 0.2) is 9.84 Å². The first-order chi connectivity index (χ1) is 8.26. The van der Waals surface area contributed by atoms with E-state index in [9.17, 15) is 18.0 Å². The molecule has 1 aliphatic rings. The second-order valence-electron chi connectivity index (χ2n) is 4.70. The first kappa shape index (κ1) is 14.9. The van der Waals surface area contributed by atoms with Crippen molar-refractivity contribution >= 4 is 21.7 Å². The number of sulfone groups is 1. The van der Waals surface area contributed by atoms with E-state index in [2.05, 4.69) is 0 Å². The smallest absolute Gasteiger partial charge is 0.307 e. The third-order valence-electron chi connectivity index (χ3n) is 2.92. The van der Waals surface area contributed by atoms with E-state index in [1.165, 1.54) is 6.92 Å². The Hall–Kier alpha value is -1.11. The third-order valence-corrected chi connectivity index (χ3v) is 4.61. The molecule has 0 radical (unpaired) electrons. The lowest BCUT2D eigenvalue weighted by Crippen LogP contribution is -2.38. The Morgan fingerprint density at radius 3 is 2.33 bits per heavy atom. The molecule has 18 heavy (non-hydrogen) atoms. The SMILES string of the molecule is CCN(C(=O)CS(=O)(=O)CC(C)C(=O)O)C1CC1. The molecular formula is C11H19NO5S. The van der Waals surface area contributed by atoms with Crippen molar-refractivity contribution in [1.82, 2.24) is 4.90 Å². The maximum Gasteiger partial charge on any atom is 0.307 e. The lowest BCUT2D eigenvalue weighted by molar-refractivity contribution is -0.140. The normalized spacial score (nSPS) is 17.2. The van der Waals surface area contributed by atoms with Gasteiger partial charge in [0.05, 0.1) is 11.7 Å². The van der Waals surface area contributed by atoms with Crippen LogP contribution in [0.2, 0.25) is 0 Å². The van der Waals surface area contributed by atoms with Crippen LogP contribution in [0.3, 0.4) is 0 Å². The van der Waals surface area contributed by atoms with Gasteiger partial charge in [0, 0.05) is 12.6 Å². The van der Waals surface area contributed by atoms with Crippen molar-refractivity contribution in [1.29, 1.82) is 0 Å². The molecule has 1 saturated carbocycles. The molecule has 0 aromatic heterocycles. The number of carboxylic acid groups (broad SMARTS) is 1. The molecule has 1 fully saturated rings. The number of rotatable bonds is 7. The first-order valence-electron chi connectivity index (χ1n) is 5.99. The summed E-state index contributed by atoms with van der Waals surface area (Å²) < 4.78 is 23.4. The van der Waals surface area contributed by atoms with Gasteiger partial charge in [0.2, 0.25) is 5.91 Å². The minimum absolute atomic E-state index is 0.176. The van der Waals surface area contributed by atoms with Gasteiger partial charge in [0.1, 0.15) is 5.75 Å². The molecule has 104 valence electrons. The summed E-state index contributed by atoms with van der Waals surface area (Å²) >= 11 is 0. The van der Waals surface area contributed by atoms with Gasteiger partial charge >= 0.3 is 5.97 Å². The van der Waals surface area contributed by atoms with Crippen molar-refractivity contribution < 1.29 is 23.1 Å². The van der Waals surface area contributed by atoms with Gasteiger partial charge < -0.3 is 10.0 Å². The molecule has 1 atom stereocenters. The summed E-state index contributed by atoms with van der Waals surface area (Å²) in [5.41, 5.74) is 0. The summed E-state index contributed by atoms with van der Waals surface area (Å²) in [6, 6.07) is 0.176. The fourth-order valence-electron chi connectivity index (χ4n) is 1.81. The van der Waals surface area contributed by atoms with Crippen LogP contribution in [-0.2, 0) is 19.4 Å². The van der Waals surface area contributed by atoms with E-state index < -0.39 is 39.1 Å². The van der Waals surface area contributed by atoms with Crippen LogP contribution >= 0.6 is 0 Å². The van der Waals surface area contributed by atoms with Crippen molar-refractivity contribution in [3.63, 3.8) is 0 Å². The number of amides is 1. The number of nitrogens with zero attached hydrogens (tertiary/aromatic N) is 1. The van der Waals surface area contributed by atoms with Crippen molar-refractivity contribution in [3.8, 4) is 0 Å². The molecule has 0 saturated heterocycles.